The summed E-state index contributed by atoms with van der Waals surface area (Å²) in [6.45, 7) is 6.53. The molecule has 0 aliphatic rings. The Labute approximate surface area is 166 Å². The highest BCUT2D eigenvalue weighted by Crippen LogP contribution is 2.16. The van der Waals surface area contributed by atoms with Crippen LogP contribution in [0.25, 0.3) is 0 Å². The fourth-order valence-corrected chi connectivity index (χ4v) is 2.96. The zero-order chi connectivity index (χ0) is 19.8. The summed E-state index contributed by atoms with van der Waals surface area (Å²) >= 11 is 5.96. The Balaban J connectivity index is 2.26. The molecule has 0 fully saturated rings. The lowest BCUT2D eigenvalue weighted by molar-refractivity contribution is -0.139. The molecule has 144 valence electrons. The van der Waals surface area contributed by atoms with Crippen molar-refractivity contribution in [2.75, 3.05) is 6.54 Å². The third-order valence-corrected chi connectivity index (χ3v) is 4.56. The van der Waals surface area contributed by atoms with Crippen molar-refractivity contribution in [3.05, 3.63) is 70.7 Å². The Kier molecular flexibility index (Phi) is 7.86. The zero-order valence-corrected chi connectivity index (χ0v) is 16.9. The monoisotopic (exact) mass is 386 g/mol. The number of hydrogen-bond donors (Lipinski definition) is 1. The van der Waals surface area contributed by atoms with Gasteiger partial charge in [-0.1, -0.05) is 67.9 Å². The van der Waals surface area contributed by atoms with Crippen molar-refractivity contribution in [2.24, 2.45) is 5.92 Å². The van der Waals surface area contributed by atoms with Crippen molar-refractivity contribution in [3.63, 3.8) is 0 Å². The summed E-state index contributed by atoms with van der Waals surface area (Å²) in [6.07, 6.45) is 0.470. The maximum Gasteiger partial charge on any atom is 0.243 e. The summed E-state index contributed by atoms with van der Waals surface area (Å²) in [4.78, 5) is 27.0. The van der Waals surface area contributed by atoms with E-state index in [1.807, 2.05) is 56.3 Å². The number of nitrogens with one attached hydrogen (secondary N) is 1. The Morgan fingerprint density at radius 2 is 1.63 bits per heavy atom. The Morgan fingerprint density at radius 3 is 2.19 bits per heavy atom. The first kappa shape index (κ1) is 21.0. The van der Waals surface area contributed by atoms with Crippen LogP contribution in [0.3, 0.4) is 0 Å². The van der Waals surface area contributed by atoms with E-state index in [4.69, 9.17) is 11.6 Å². The van der Waals surface area contributed by atoms with Crippen molar-refractivity contribution >= 4 is 23.4 Å². The molecule has 0 heterocycles. The first-order valence-electron chi connectivity index (χ1n) is 9.20. The number of hydrogen-bond acceptors (Lipinski definition) is 2. The number of carbonyl (C=O) groups excluding carboxylic acids is 2. The van der Waals surface area contributed by atoms with E-state index < -0.39 is 6.04 Å². The molecule has 0 radical (unpaired) electrons. The third kappa shape index (κ3) is 6.72. The van der Waals surface area contributed by atoms with E-state index in [-0.39, 0.29) is 11.8 Å². The van der Waals surface area contributed by atoms with Gasteiger partial charge in [0.05, 0.1) is 0 Å². The fourth-order valence-electron chi connectivity index (χ4n) is 2.83. The van der Waals surface area contributed by atoms with Crippen LogP contribution in [0.4, 0.5) is 0 Å². The van der Waals surface area contributed by atoms with Crippen molar-refractivity contribution in [2.45, 2.75) is 39.8 Å². The lowest BCUT2D eigenvalue weighted by Gasteiger charge is -2.30. The minimum Gasteiger partial charge on any atom is -0.354 e. The van der Waals surface area contributed by atoms with E-state index in [9.17, 15) is 9.59 Å². The molecule has 4 nitrogen and oxygen atoms in total. The van der Waals surface area contributed by atoms with E-state index in [2.05, 4.69) is 5.32 Å². The van der Waals surface area contributed by atoms with Crippen molar-refractivity contribution in [3.8, 4) is 0 Å². The standard InChI is InChI=1S/C22H27ClN2O2/c1-16(2)14-24-22(27)21(13-18-7-5-4-6-8-18)25(17(3)26)15-19-9-11-20(23)12-10-19/h4-12,16,21H,13-15H2,1-3H3,(H,24,27)/t21-/m1/s1. The molecule has 2 amide bonds. The molecule has 27 heavy (non-hydrogen) atoms. The molecule has 0 aliphatic heterocycles. The Bertz CT molecular complexity index is 745. The molecule has 0 bridgehead atoms. The molecule has 0 saturated heterocycles. The van der Waals surface area contributed by atoms with Gasteiger partial charge in [-0.3, -0.25) is 9.59 Å². The number of halogens is 1. The molecule has 0 saturated carbocycles. The van der Waals surface area contributed by atoms with E-state index in [0.29, 0.717) is 30.5 Å². The highest BCUT2D eigenvalue weighted by atomic mass is 35.5. The third-order valence-electron chi connectivity index (χ3n) is 4.31. The molecule has 0 aromatic heterocycles. The number of benzene rings is 2. The summed E-state index contributed by atoms with van der Waals surface area (Å²) in [7, 11) is 0. The molecule has 5 heteroatoms. The summed E-state index contributed by atoms with van der Waals surface area (Å²) in [5.74, 6) is 0.0793. The van der Waals surface area contributed by atoms with Gasteiger partial charge in [-0.25, -0.2) is 0 Å². The summed E-state index contributed by atoms with van der Waals surface area (Å²) in [5, 5.41) is 3.62. The second kappa shape index (κ2) is 10.1. The van der Waals surface area contributed by atoms with Crippen LogP contribution in [0, 0.1) is 5.92 Å². The number of nitrogens with zero attached hydrogens (tertiary/aromatic N) is 1. The average Bonchev–Trinajstić information content (AvgIpc) is 2.64. The van der Waals surface area contributed by atoms with Gasteiger partial charge in [0.15, 0.2) is 0 Å². The second-order valence-corrected chi connectivity index (χ2v) is 7.55. The van der Waals surface area contributed by atoms with Gasteiger partial charge in [-0.2, -0.15) is 0 Å². The second-order valence-electron chi connectivity index (χ2n) is 7.12. The van der Waals surface area contributed by atoms with Gasteiger partial charge in [0, 0.05) is 31.5 Å². The molecule has 0 unspecified atom stereocenters. The summed E-state index contributed by atoms with van der Waals surface area (Å²) < 4.78 is 0. The van der Waals surface area contributed by atoms with Crippen LogP contribution in [0.2, 0.25) is 5.02 Å². The highest BCUT2D eigenvalue weighted by molar-refractivity contribution is 6.30. The molecule has 1 N–H and O–H groups in total. The predicted octanol–water partition coefficient (Wildman–Crippen LogP) is 4.07. The van der Waals surface area contributed by atoms with Crippen LogP contribution in [0.5, 0.6) is 0 Å². The molecule has 0 aliphatic carbocycles. The smallest absolute Gasteiger partial charge is 0.243 e. The van der Waals surface area contributed by atoms with E-state index in [0.717, 1.165) is 11.1 Å². The van der Waals surface area contributed by atoms with Gasteiger partial charge >= 0.3 is 0 Å². The van der Waals surface area contributed by atoms with Crippen LogP contribution < -0.4 is 5.32 Å². The van der Waals surface area contributed by atoms with Crippen molar-refractivity contribution in [1.82, 2.24) is 10.2 Å². The summed E-state index contributed by atoms with van der Waals surface area (Å²) in [6, 6.07) is 16.5. The normalized spacial score (nSPS) is 11.9. The van der Waals surface area contributed by atoms with Gasteiger partial charge in [0.1, 0.15) is 6.04 Å². The largest absolute Gasteiger partial charge is 0.354 e. The van der Waals surface area contributed by atoms with E-state index >= 15 is 0 Å². The highest BCUT2D eigenvalue weighted by Gasteiger charge is 2.28. The SMILES string of the molecule is CC(=O)N(Cc1ccc(Cl)cc1)[C@H](Cc1ccccc1)C(=O)NCC(C)C. The first-order chi connectivity index (χ1) is 12.9. The average molecular weight is 387 g/mol. The van der Waals surface area contributed by atoms with Crippen LogP contribution in [0.15, 0.2) is 54.6 Å². The molecule has 2 rings (SSSR count). The molecule has 1 atom stereocenters. The lowest BCUT2D eigenvalue weighted by Crippen LogP contribution is -2.50. The Morgan fingerprint density at radius 1 is 1.00 bits per heavy atom. The van der Waals surface area contributed by atoms with Gasteiger partial charge in [0.2, 0.25) is 11.8 Å². The van der Waals surface area contributed by atoms with Crippen molar-refractivity contribution in [1.29, 1.82) is 0 Å². The van der Waals surface area contributed by atoms with E-state index in [1.165, 1.54) is 6.92 Å². The van der Waals surface area contributed by atoms with Crippen LogP contribution in [-0.2, 0) is 22.6 Å². The van der Waals surface area contributed by atoms with Gasteiger partial charge < -0.3 is 10.2 Å². The van der Waals surface area contributed by atoms with Crippen LogP contribution in [-0.4, -0.2) is 29.3 Å². The number of amides is 2. The van der Waals surface area contributed by atoms with Gasteiger partial charge in [-0.15, -0.1) is 0 Å². The summed E-state index contributed by atoms with van der Waals surface area (Å²) in [5.41, 5.74) is 1.95. The fraction of sp³-hybridized carbons (Fsp3) is 0.364. The topological polar surface area (TPSA) is 49.4 Å². The number of rotatable bonds is 8. The van der Waals surface area contributed by atoms with E-state index in [1.54, 1.807) is 17.0 Å². The molecular formula is C22H27ClN2O2. The van der Waals surface area contributed by atoms with Crippen LogP contribution >= 0.6 is 11.6 Å². The molecular weight excluding hydrogens is 360 g/mol. The van der Waals surface area contributed by atoms with Crippen LogP contribution in [0.1, 0.15) is 31.9 Å². The molecule has 2 aromatic carbocycles. The lowest BCUT2D eigenvalue weighted by atomic mass is 10.0. The maximum atomic E-state index is 12.9. The van der Waals surface area contributed by atoms with Crippen molar-refractivity contribution < 1.29 is 9.59 Å². The predicted molar refractivity (Wildman–Crippen MR) is 109 cm³/mol. The quantitative estimate of drug-likeness (QED) is 0.743. The number of carbonyl (C=O) groups is 2. The molecule has 0 spiro atoms. The van der Waals surface area contributed by atoms with Gasteiger partial charge in [-0.05, 0) is 29.2 Å². The zero-order valence-electron chi connectivity index (χ0n) is 16.1. The Hall–Kier alpha value is -2.33. The van der Waals surface area contributed by atoms with Gasteiger partial charge in [0.25, 0.3) is 0 Å². The first-order valence-corrected chi connectivity index (χ1v) is 9.58. The minimum atomic E-state index is -0.570. The molecule has 2 aromatic rings. The minimum absolute atomic E-state index is 0.128. The maximum absolute atomic E-state index is 12.9.